The first-order valence-electron chi connectivity index (χ1n) is 7.01. The Morgan fingerprint density at radius 2 is 2.10 bits per heavy atom. The predicted octanol–water partition coefficient (Wildman–Crippen LogP) is 2.35. The Labute approximate surface area is 120 Å². The second-order valence-electron chi connectivity index (χ2n) is 5.95. The summed E-state index contributed by atoms with van der Waals surface area (Å²) in [4.78, 5) is 0.155. The van der Waals surface area contributed by atoms with Crippen molar-refractivity contribution < 1.29 is 8.42 Å². The Morgan fingerprint density at radius 1 is 1.30 bits per heavy atom. The van der Waals surface area contributed by atoms with Crippen LogP contribution in [0.4, 0.5) is 5.69 Å². The number of sulfonamides is 1. The topological polar surface area (TPSA) is 72.2 Å². The predicted molar refractivity (Wildman–Crippen MR) is 79.7 cm³/mol. The normalized spacial score (nSPS) is 29.6. The lowest BCUT2D eigenvalue weighted by Crippen LogP contribution is -2.28. The zero-order chi connectivity index (χ0) is 14.3. The zero-order valence-corrected chi connectivity index (χ0v) is 12.3. The molecule has 4 unspecified atom stereocenters. The second kappa shape index (κ2) is 4.90. The monoisotopic (exact) mass is 292 g/mol. The van der Waals surface area contributed by atoms with E-state index in [1.165, 1.54) is 18.9 Å². The summed E-state index contributed by atoms with van der Waals surface area (Å²) in [5, 5.41) is 8.59. The summed E-state index contributed by atoms with van der Waals surface area (Å²) in [6.07, 6.45) is 7.16. The van der Waals surface area contributed by atoms with Crippen molar-refractivity contribution in [2.45, 2.75) is 30.7 Å². The number of hydrogen-bond donors (Lipinski definition) is 2. The molecular formula is C15H20N2O2S. The standard InChI is InChI=1S/C15H20N2O2S/c1-10(15-8-11-5-6-12(15)7-11)17-13-3-2-4-14(9-13)20(16,18)19/h2-6,9-12,15,17H,7-8H2,1H3,(H2,16,18,19). The molecule has 1 fully saturated rings. The van der Waals surface area contributed by atoms with E-state index in [1.54, 1.807) is 12.1 Å². The van der Waals surface area contributed by atoms with Crippen molar-refractivity contribution in [1.29, 1.82) is 0 Å². The van der Waals surface area contributed by atoms with E-state index in [1.807, 2.05) is 6.07 Å². The van der Waals surface area contributed by atoms with Crippen molar-refractivity contribution in [3.63, 3.8) is 0 Å². The highest BCUT2D eigenvalue weighted by Gasteiger charge is 2.38. The van der Waals surface area contributed by atoms with Gasteiger partial charge in [0.1, 0.15) is 0 Å². The van der Waals surface area contributed by atoms with Crippen LogP contribution >= 0.6 is 0 Å². The Morgan fingerprint density at radius 3 is 2.70 bits per heavy atom. The molecule has 3 rings (SSSR count). The summed E-state index contributed by atoms with van der Waals surface area (Å²) in [7, 11) is -3.64. The van der Waals surface area contributed by atoms with E-state index in [4.69, 9.17) is 5.14 Å². The summed E-state index contributed by atoms with van der Waals surface area (Å²) >= 11 is 0. The molecule has 0 radical (unpaired) electrons. The highest BCUT2D eigenvalue weighted by molar-refractivity contribution is 7.89. The fourth-order valence-electron chi connectivity index (χ4n) is 3.53. The van der Waals surface area contributed by atoms with Gasteiger partial charge >= 0.3 is 0 Å². The van der Waals surface area contributed by atoms with Crippen molar-refractivity contribution in [2.24, 2.45) is 22.9 Å². The quantitative estimate of drug-likeness (QED) is 0.837. The molecule has 0 heterocycles. The third-order valence-corrected chi connectivity index (χ3v) is 5.44. The third kappa shape index (κ3) is 2.60. The van der Waals surface area contributed by atoms with Gasteiger partial charge in [-0.25, -0.2) is 13.6 Å². The van der Waals surface area contributed by atoms with Gasteiger partial charge in [0.05, 0.1) is 4.90 Å². The number of primary sulfonamides is 1. The lowest BCUT2D eigenvalue weighted by Gasteiger charge is -2.27. The van der Waals surface area contributed by atoms with Gasteiger partial charge in [-0.15, -0.1) is 0 Å². The van der Waals surface area contributed by atoms with Crippen molar-refractivity contribution >= 4 is 15.7 Å². The minimum atomic E-state index is -3.64. The van der Waals surface area contributed by atoms with Crippen LogP contribution in [-0.2, 0) is 10.0 Å². The number of fused-ring (bicyclic) bond motifs is 2. The number of nitrogens with two attached hydrogens (primary N) is 1. The molecule has 1 saturated carbocycles. The SMILES string of the molecule is CC(Nc1cccc(S(N)(=O)=O)c1)C1CC2C=CC1C2. The maximum atomic E-state index is 11.4. The van der Waals surface area contributed by atoms with E-state index in [0.717, 1.165) is 11.6 Å². The molecule has 3 N–H and O–H groups in total. The first-order valence-corrected chi connectivity index (χ1v) is 8.56. The van der Waals surface area contributed by atoms with E-state index in [9.17, 15) is 8.42 Å². The highest BCUT2D eigenvalue weighted by atomic mass is 32.2. The van der Waals surface area contributed by atoms with E-state index >= 15 is 0 Å². The Balaban J connectivity index is 1.73. The molecule has 0 aliphatic heterocycles. The van der Waals surface area contributed by atoms with E-state index in [0.29, 0.717) is 17.9 Å². The fraction of sp³-hybridized carbons (Fsp3) is 0.467. The lowest BCUT2D eigenvalue weighted by atomic mass is 9.87. The molecule has 1 aromatic carbocycles. The molecule has 2 aliphatic carbocycles. The largest absolute Gasteiger partial charge is 0.382 e. The summed E-state index contributed by atoms with van der Waals surface area (Å²) < 4.78 is 22.7. The fourth-order valence-corrected chi connectivity index (χ4v) is 4.09. The van der Waals surface area contributed by atoms with Crippen LogP contribution < -0.4 is 10.5 Å². The zero-order valence-electron chi connectivity index (χ0n) is 11.5. The van der Waals surface area contributed by atoms with Crippen LogP contribution in [0.15, 0.2) is 41.3 Å². The van der Waals surface area contributed by atoms with Crippen LogP contribution in [0.1, 0.15) is 19.8 Å². The van der Waals surface area contributed by atoms with Gasteiger partial charge in [0, 0.05) is 11.7 Å². The molecule has 4 nitrogen and oxygen atoms in total. The van der Waals surface area contributed by atoms with Gasteiger partial charge in [0.15, 0.2) is 0 Å². The van der Waals surface area contributed by atoms with Crippen LogP contribution in [0.5, 0.6) is 0 Å². The third-order valence-electron chi connectivity index (χ3n) is 4.53. The summed E-state index contributed by atoms with van der Waals surface area (Å²) in [6.45, 7) is 2.17. The average molecular weight is 292 g/mol. The molecule has 0 spiro atoms. The second-order valence-corrected chi connectivity index (χ2v) is 7.51. The van der Waals surface area contributed by atoms with Gasteiger partial charge in [-0.2, -0.15) is 0 Å². The summed E-state index contributed by atoms with van der Waals surface area (Å²) in [6, 6.07) is 7.05. The molecule has 108 valence electrons. The maximum Gasteiger partial charge on any atom is 0.238 e. The van der Waals surface area contributed by atoms with E-state index in [2.05, 4.69) is 24.4 Å². The van der Waals surface area contributed by atoms with Crippen molar-refractivity contribution in [1.82, 2.24) is 0 Å². The minimum absolute atomic E-state index is 0.155. The molecule has 5 heteroatoms. The van der Waals surface area contributed by atoms with Crippen LogP contribution in [0.3, 0.4) is 0 Å². The maximum absolute atomic E-state index is 11.4. The van der Waals surface area contributed by atoms with Crippen molar-refractivity contribution in [3.05, 3.63) is 36.4 Å². The average Bonchev–Trinajstić information content (AvgIpc) is 3.00. The van der Waals surface area contributed by atoms with Gasteiger partial charge in [0.2, 0.25) is 10.0 Å². The molecule has 1 aromatic rings. The number of nitrogens with one attached hydrogen (secondary N) is 1. The van der Waals surface area contributed by atoms with Gasteiger partial charge in [0.25, 0.3) is 0 Å². The van der Waals surface area contributed by atoms with Gasteiger partial charge in [-0.3, -0.25) is 0 Å². The molecule has 2 bridgehead atoms. The number of benzene rings is 1. The number of allylic oxidation sites excluding steroid dienone is 2. The van der Waals surface area contributed by atoms with Crippen molar-refractivity contribution in [3.8, 4) is 0 Å². The van der Waals surface area contributed by atoms with Gasteiger partial charge in [-0.05, 0) is 55.7 Å². The van der Waals surface area contributed by atoms with E-state index in [-0.39, 0.29) is 4.90 Å². The lowest BCUT2D eigenvalue weighted by molar-refractivity contribution is 0.400. The molecule has 2 aliphatic rings. The number of hydrogen-bond acceptors (Lipinski definition) is 3. The molecule has 4 atom stereocenters. The summed E-state index contributed by atoms with van der Waals surface area (Å²) in [5.74, 6) is 2.04. The highest BCUT2D eigenvalue weighted by Crippen LogP contribution is 2.45. The van der Waals surface area contributed by atoms with Gasteiger partial charge < -0.3 is 5.32 Å². The molecule has 0 aromatic heterocycles. The Kier molecular flexibility index (Phi) is 3.34. The van der Waals surface area contributed by atoms with Crippen LogP contribution in [0.25, 0.3) is 0 Å². The Hall–Kier alpha value is -1.33. The minimum Gasteiger partial charge on any atom is -0.382 e. The van der Waals surface area contributed by atoms with Crippen LogP contribution in [-0.4, -0.2) is 14.5 Å². The van der Waals surface area contributed by atoms with Crippen molar-refractivity contribution in [2.75, 3.05) is 5.32 Å². The van der Waals surface area contributed by atoms with Crippen LogP contribution in [0, 0.1) is 17.8 Å². The van der Waals surface area contributed by atoms with E-state index < -0.39 is 10.0 Å². The summed E-state index contributed by atoms with van der Waals surface area (Å²) in [5.41, 5.74) is 0.816. The smallest absolute Gasteiger partial charge is 0.238 e. The number of rotatable bonds is 4. The first-order chi connectivity index (χ1) is 9.43. The molecule has 0 amide bonds. The first kappa shape index (κ1) is 13.6. The molecule has 0 saturated heterocycles. The molecule has 20 heavy (non-hydrogen) atoms. The van der Waals surface area contributed by atoms with Crippen LogP contribution in [0.2, 0.25) is 0 Å². The Bertz CT molecular complexity index is 639. The number of anilines is 1. The molecular weight excluding hydrogens is 272 g/mol. The van der Waals surface area contributed by atoms with Gasteiger partial charge in [-0.1, -0.05) is 18.2 Å².